The Morgan fingerprint density at radius 1 is 1.13 bits per heavy atom. The maximum absolute atomic E-state index is 13.0. The lowest BCUT2D eigenvalue weighted by Crippen LogP contribution is -2.11. The van der Waals surface area contributed by atoms with Crippen LogP contribution < -0.4 is 14.9 Å². The lowest BCUT2D eigenvalue weighted by Gasteiger charge is -2.15. The molecular formula is C16H13NO6. The molecule has 0 aliphatic heterocycles. The van der Waals surface area contributed by atoms with E-state index in [-0.39, 0.29) is 16.9 Å². The molecule has 4 aromatic rings. The predicted molar refractivity (Wildman–Crippen MR) is 83.5 cm³/mol. The third-order valence-corrected chi connectivity index (χ3v) is 4.09. The van der Waals surface area contributed by atoms with Crippen molar-refractivity contribution in [2.24, 2.45) is 7.05 Å². The molecule has 23 heavy (non-hydrogen) atoms. The zero-order valence-electron chi connectivity index (χ0n) is 12.7. The fourth-order valence-electron chi connectivity index (χ4n) is 2.99. The summed E-state index contributed by atoms with van der Waals surface area (Å²) in [4.78, 5) is 13.0. The van der Waals surface area contributed by atoms with Crippen LogP contribution in [0.25, 0.3) is 33.0 Å². The van der Waals surface area contributed by atoms with E-state index in [1.807, 2.05) is 0 Å². The van der Waals surface area contributed by atoms with Crippen LogP contribution in [0.1, 0.15) is 0 Å². The van der Waals surface area contributed by atoms with Gasteiger partial charge < -0.3 is 19.1 Å². The van der Waals surface area contributed by atoms with Gasteiger partial charge in [-0.15, -0.1) is 0 Å². The summed E-state index contributed by atoms with van der Waals surface area (Å²) in [5, 5.41) is 10.7. The maximum Gasteiger partial charge on any atom is 0.269 e. The number of phenols is 1. The Balaban J connectivity index is 2.33. The minimum absolute atomic E-state index is 0.0908. The Kier molecular flexibility index (Phi) is 2.63. The molecule has 0 atom stereocenters. The van der Waals surface area contributed by atoms with E-state index in [0.29, 0.717) is 38.7 Å². The van der Waals surface area contributed by atoms with Crippen LogP contribution in [0.4, 0.5) is 0 Å². The highest BCUT2D eigenvalue weighted by Gasteiger charge is 2.23. The highest BCUT2D eigenvalue weighted by molar-refractivity contribution is 6.08. The number of phenolic OH excluding ortho intramolecular Hbond substituents is 1. The van der Waals surface area contributed by atoms with Crippen LogP contribution in [-0.2, 0) is 7.05 Å². The Hall–Kier alpha value is -3.09. The molecule has 4 rings (SSSR count). The monoisotopic (exact) mass is 315 g/mol. The number of aromatic nitrogens is 1. The van der Waals surface area contributed by atoms with Gasteiger partial charge in [-0.2, -0.15) is 0 Å². The van der Waals surface area contributed by atoms with Gasteiger partial charge in [-0.3, -0.25) is 13.9 Å². The molecule has 0 spiro atoms. The van der Waals surface area contributed by atoms with Gasteiger partial charge in [0.15, 0.2) is 17.2 Å². The molecule has 0 aliphatic rings. The standard InChI is InChI=1S/C16H13NO6/c1-17-8-4-5-9(18)14(21-3)11(8)13(19)7-6-10(20-2)15-16(12(7)17)23-22-15/h4-6,18H,1-3H3. The summed E-state index contributed by atoms with van der Waals surface area (Å²) >= 11 is 0. The molecule has 0 fully saturated rings. The van der Waals surface area contributed by atoms with Gasteiger partial charge in [0.2, 0.25) is 5.43 Å². The first-order valence-corrected chi connectivity index (χ1v) is 6.86. The average Bonchev–Trinajstić information content (AvgIpc) is 2.52. The summed E-state index contributed by atoms with van der Waals surface area (Å²) < 4.78 is 22.3. The van der Waals surface area contributed by atoms with Gasteiger partial charge in [0.05, 0.1) is 30.5 Å². The molecule has 0 bridgehead atoms. The number of nitrogens with zero attached hydrogens (tertiary/aromatic N) is 1. The Morgan fingerprint density at radius 3 is 2.48 bits per heavy atom. The molecule has 0 saturated heterocycles. The van der Waals surface area contributed by atoms with Gasteiger partial charge in [-0.05, 0) is 18.2 Å². The Morgan fingerprint density at radius 2 is 1.87 bits per heavy atom. The van der Waals surface area contributed by atoms with Crippen molar-refractivity contribution in [1.82, 2.24) is 4.57 Å². The SMILES string of the molecule is COc1cc2c(=O)c3c(OC)c(O)ccc3n(C)c2c2ooc12. The van der Waals surface area contributed by atoms with Gasteiger partial charge >= 0.3 is 0 Å². The number of fused-ring (bicyclic) bond motifs is 4. The third-order valence-electron chi connectivity index (χ3n) is 4.09. The number of benzene rings is 2. The predicted octanol–water partition coefficient (Wildman–Crippen LogP) is 2.75. The molecule has 0 unspecified atom stereocenters. The maximum atomic E-state index is 13.0. The molecule has 2 heterocycles. The van der Waals surface area contributed by atoms with Crippen molar-refractivity contribution in [2.45, 2.75) is 0 Å². The van der Waals surface area contributed by atoms with E-state index < -0.39 is 0 Å². The topological polar surface area (TPSA) is 87.0 Å². The zero-order chi connectivity index (χ0) is 16.3. The Bertz CT molecular complexity index is 1130. The van der Waals surface area contributed by atoms with Gasteiger partial charge in [0.1, 0.15) is 5.52 Å². The molecule has 0 radical (unpaired) electrons. The highest BCUT2D eigenvalue weighted by atomic mass is 17.0. The van der Waals surface area contributed by atoms with E-state index in [1.165, 1.54) is 20.3 Å². The van der Waals surface area contributed by atoms with Crippen LogP contribution in [0.3, 0.4) is 0 Å². The van der Waals surface area contributed by atoms with Crippen molar-refractivity contribution >= 4 is 33.0 Å². The second kappa shape index (κ2) is 4.45. The number of hydrogen-bond acceptors (Lipinski definition) is 6. The third kappa shape index (κ3) is 1.56. The minimum Gasteiger partial charge on any atom is -0.504 e. The number of aryl methyl sites for hydroxylation is 1. The van der Waals surface area contributed by atoms with Crippen molar-refractivity contribution in [3.8, 4) is 17.2 Å². The zero-order valence-corrected chi connectivity index (χ0v) is 12.7. The molecule has 2 aromatic heterocycles. The van der Waals surface area contributed by atoms with Crippen molar-refractivity contribution in [2.75, 3.05) is 14.2 Å². The summed E-state index contributed by atoms with van der Waals surface area (Å²) in [6.45, 7) is 0. The second-order valence-corrected chi connectivity index (χ2v) is 5.20. The first kappa shape index (κ1) is 13.6. The average molecular weight is 315 g/mol. The largest absolute Gasteiger partial charge is 0.504 e. The molecule has 118 valence electrons. The quantitative estimate of drug-likeness (QED) is 0.452. The van der Waals surface area contributed by atoms with Crippen molar-refractivity contribution in [1.29, 1.82) is 0 Å². The molecule has 7 nitrogen and oxygen atoms in total. The van der Waals surface area contributed by atoms with E-state index in [1.54, 1.807) is 23.7 Å². The highest BCUT2D eigenvalue weighted by Crippen LogP contribution is 2.38. The fraction of sp³-hybridized carbons (Fsp3) is 0.188. The van der Waals surface area contributed by atoms with Crippen LogP contribution in [0.2, 0.25) is 0 Å². The summed E-state index contributed by atoms with van der Waals surface area (Å²) in [5.41, 5.74) is 1.84. The fourth-order valence-corrected chi connectivity index (χ4v) is 2.99. The van der Waals surface area contributed by atoms with Crippen LogP contribution in [0, 0.1) is 0 Å². The van der Waals surface area contributed by atoms with Gasteiger partial charge in [0.25, 0.3) is 11.2 Å². The van der Waals surface area contributed by atoms with Crippen molar-refractivity contribution < 1.29 is 23.7 Å². The second-order valence-electron chi connectivity index (χ2n) is 5.20. The lowest BCUT2D eigenvalue weighted by molar-refractivity contribution is 0.0576. The van der Waals surface area contributed by atoms with Crippen LogP contribution >= 0.6 is 0 Å². The number of aromatic hydroxyl groups is 1. The molecule has 7 heteroatoms. The molecule has 0 aliphatic carbocycles. The number of pyridine rings is 1. The molecule has 0 amide bonds. The van der Waals surface area contributed by atoms with E-state index in [4.69, 9.17) is 18.6 Å². The number of rotatable bonds is 2. The van der Waals surface area contributed by atoms with E-state index in [2.05, 4.69) is 0 Å². The normalized spacial score (nSPS) is 11.6. The Labute approximate surface area is 129 Å². The van der Waals surface area contributed by atoms with Gasteiger partial charge in [-0.1, -0.05) is 0 Å². The summed E-state index contributed by atoms with van der Waals surface area (Å²) in [6, 6.07) is 4.74. The number of hydrogen-bond donors (Lipinski definition) is 1. The first-order chi connectivity index (χ1) is 11.1. The van der Waals surface area contributed by atoms with Gasteiger partial charge in [0, 0.05) is 7.05 Å². The van der Waals surface area contributed by atoms with E-state index in [0.717, 1.165) is 0 Å². The van der Waals surface area contributed by atoms with Crippen LogP contribution in [-0.4, -0.2) is 23.9 Å². The number of methoxy groups -OCH3 is 2. The van der Waals surface area contributed by atoms with Crippen molar-refractivity contribution in [3.05, 3.63) is 28.4 Å². The van der Waals surface area contributed by atoms with Gasteiger partial charge in [-0.25, -0.2) is 0 Å². The molecular weight excluding hydrogens is 302 g/mol. The molecule has 1 N–H and O–H groups in total. The smallest absolute Gasteiger partial charge is 0.269 e. The summed E-state index contributed by atoms with van der Waals surface area (Å²) in [7, 11) is 4.70. The molecule has 0 saturated carbocycles. The summed E-state index contributed by atoms with van der Waals surface area (Å²) in [6.07, 6.45) is 0. The van der Waals surface area contributed by atoms with E-state index >= 15 is 0 Å². The minimum atomic E-state index is -0.280. The first-order valence-electron chi connectivity index (χ1n) is 6.86. The van der Waals surface area contributed by atoms with Crippen LogP contribution in [0.15, 0.2) is 32.1 Å². The van der Waals surface area contributed by atoms with E-state index in [9.17, 15) is 9.90 Å². The van der Waals surface area contributed by atoms with Crippen molar-refractivity contribution in [3.63, 3.8) is 0 Å². The number of ether oxygens (including phenoxy) is 2. The summed E-state index contributed by atoms with van der Waals surface area (Å²) in [5.74, 6) is 0.463. The van der Waals surface area contributed by atoms with Crippen LogP contribution in [0.5, 0.6) is 17.2 Å². The lowest BCUT2D eigenvalue weighted by atomic mass is 10.1. The molecule has 2 aromatic carbocycles.